The van der Waals surface area contributed by atoms with Gasteiger partial charge in [-0.1, -0.05) is 6.92 Å². The third kappa shape index (κ3) is 2.81. The number of rotatable bonds is 2. The van der Waals surface area contributed by atoms with Gasteiger partial charge < -0.3 is 10.0 Å². The van der Waals surface area contributed by atoms with Gasteiger partial charge in [0.25, 0.3) is 5.91 Å². The van der Waals surface area contributed by atoms with Gasteiger partial charge in [-0.3, -0.25) is 4.79 Å². The van der Waals surface area contributed by atoms with E-state index in [9.17, 15) is 9.59 Å². The van der Waals surface area contributed by atoms with Crippen LogP contribution in [0.5, 0.6) is 0 Å². The van der Waals surface area contributed by atoms with Gasteiger partial charge >= 0.3 is 5.97 Å². The highest BCUT2D eigenvalue weighted by Gasteiger charge is 2.28. The predicted octanol–water partition coefficient (Wildman–Crippen LogP) is 2.35. The second kappa shape index (κ2) is 5.61. The molecule has 1 aliphatic heterocycles. The quantitative estimate of drug-likeness (QED) is 0.900. The molecule has 2 rings (SSSR count). The lowest BCUT2D eigenvalue weighted by molar-refractivity contribution is 0.0566. The Morgan fingerprint density at radius 1 is 1.30 bits per heavy atom. The molecule has 108 valence electrons. The van der Waals surface area contributed by atoms with Crippen LogP contribution in [-0.4, -0.2) is 39.5 Å². The molecule has 5 nitrogen and oxygen atoms in total. The van der Waals surface area contributed by atoms with Crippen molar-refractivity contribution < 1.29 is 14.7 Å². The summed E-state index contributed by atoms with van der Waals surface area (Å²) in [5, 5.41) is 8.99. The van der Waals surface area contributed by atoms with Crippen molar-refractivity contribution in [3.8, 4) is 0 Å². The fraction of sp³-hybridized carbons (Fsp3) is 0.533. The molecule has 2 heterocycles. The number of carboxylic acid groups (broad SMARTS) is 1. The van der Waals surface area contributed by atoms with Gasteiger partial charge in [0.2, 0.25) is 0 Å². The van der Waals surface area contributed by atoms with E-state index in [1.165, 1.54) is 12.1 Å². The number of hydrogen-bond acceptors (Lipinski definition) is 3. The number of aromatic carboxylic acids is 1. The van der Waals surface area contributed by atoms with E-state index in [1.807, 2.05) is 11.8 Å². The van der Waals surface area contributed by atoms with Gasteiger partial charge in [-0.15, -0.1) is 0 Å². The van der Waals surface area contributed by atoms with Crippen molar-refractivity contribution in [2.45, 2.75) is 39.7 Å². The third-order valence-corrected chi connectivity index (χ3v) is 3.91. The second-order valence-electron chi connectivity index (χ2n) is 5.62. The van der Waals surface area contributed by atoms with Gasteiger partial charge in [0, 0.05) is 12.6 Å². The van der Waals surface area contributed by atoms with Crippen LogP contribution in [0.4, 0.5) is 0 Å². The standard InChI is InChI=1S/C15H20N2O3/c1-9-4-5-10(2)17(8-9)14(18)13-7-6-12(15(19)20)11(3)16-13/h6-7,9-10H,4-5,8H2,1-3H3,(H,19,20). The molecule has 0 aromatic carbocycles. The topological polar surface area (TPSA) is 70.5 Å². The molecule has 0 aliphatic carbocycles. The summed E-state index contributed by atoms with van der Waals surface area (Å²) in [4.78, 5) is 29.5. The Morgan fingerprint density at radius 2 is 2.00 bits per heavy atom. The summed E-state index contributed by atoms with van der Waals surface area (Å²) >= 11 is 0. The molecule has 1 saturated heterocycles. The third-order valence-electron chi connectivity index (χ3n) is 3.91. The summed E-state index contributed by atoms with van der Waals surface area (Å²) in [6, 6.07) is 3.17. The first kappa shape index (κ1) is 14.5. The average Bonchev–Trinajstić information content (AvgIpc) is 2.40. The summed E-state index contributed by atoms with van der Waals surface area (Å²) in [7, 11) is 0. The van der Waals surface area contributed by atoms with Crippen molar-refractivity contribution in [2.24, 2.45) is 5.92 Å². The van der Waals surface area contributed by atoms with E-state index in [4.69, 9.17) is 5.11 Å². The number of likely N-dealkylation sites (tertiary alicyclic amines) is 1. The Balaban J connectivity index is 2.24. The van der Waals surface area contributed by atoms with Crippen molar-refractivity contribution in [3.05, 3.63) is 29.1 Å². The first-order valence-electron chi connectivity index (χ1n) is 6.92. The summed E-state index contributed by atoms with van der Waals surface area (Å²) < 4.78 is 0. The molecule has 5 heteroatoms. The number of piperidine rings is 1. The monoisotopic (exact) mass is 276 g/mol. The first-order valence-corrected chi connectivity index (χ1v) is 6.92. The second-order valence-corrected chi connectivity index (χ2v) is 5.62. The maximum absolute atomic E-state index is 12.5. The number of aromatic nitrogens is 1. The van der Waals surface area contributed by atoms with Gasteiger partial charge in [0.05, 0.1) is 11.3 Å². The predicted molar refractivity (Wildman–Crippen MR) is 74.8 cm³/mol. The fourth-order valence-corrected chi connectivity index (χ4v) is 2.62. The fourth-order valence-electron chi connectivity index (χ4n) is 2.62. The van der Waals surface area contributed by atoms with Crippen LogP contribution in [0.25, 0.3) is 0 Å². The number of carboxylic acids is 1. The number of carbonyl (C=O) groups is 2. The lowest BCUT2D eigenvalue weighted by Crippen LogP contribution is -2.45. The maximum Gasteiger partial charge on any atom is 0.337 e. The lowest BCUT2D eigenvalue weighted by Gasteiger charge is -2.36. The van der Waals surface area contributed by atoms with Gasteiger partial charge in [0.15, 0.2) is 0 Å². The molecule has 20 heavy (non-hydrogen) atoms. The zero-order valence-corrected chi connectivity index (χ0v) is 12.1. The summed E-state index contributed by atoms with van der Waals surface area (Å²) in [6.07, 6.45) is 2.13. The van der Waals surface area contributed by atoms with Crippen LogP contribution in [-0.2, 0) is 0 Å². The van der Waals surface area contributed by atoms with Crippen LogP contribution in [0.3, 0.4) is 0 Å². The molecule has 0 spiro atoms. The molecule has 0 radical (unpaired) electrons. The van der Waals surface area contributed by atoms with E-state index in [-0.39, 0.29) is 17.5 Å². The minimum Gasteiger partial charge on any atom is -0.478 e. The van der Waals surface area contributed by atoms with E-state index in [0.29, 0.717) is 17.3 Å². The van der Waals surface area contributed by atoms with E-state index >= 15 is 0 Å². The van der Waals surface area contributed by atoms with Crippen LogP contribution >= 0.6 is 0 Å². The number of pyridine rings is 1. The van der Waals surface area contributed by atoms with E-state index in [0.717, 1.165) is 19.4 Å². The Kier molecular flexibility index (Phi) is 4.06. The van der Waals surface area contributed by atoms with Crippen molar-refractivity contribution in [3.63, 3.8) is 0 Å². The molecule has 1 aromatic heterocycles. The SMILES string of the molecule is Cc1nc(C(=O)N2CC(C)CCC2C)ccc1C(=O)O. The van der Waals surface area contributed by atoms with Gasteiger partial charge in [-0.2, -0.15) is 0 Å². The average molecular weight is 276 g/mol. The van der Waals surface area contributed by atoms with Crippen LogP contribution in [0.2, 0.25) is 0 Å². The van der Waals surface area contributed by atoms with Crippen molar-refractivity contribution in [2.75, 3.05) is 6.54 Å². The molecule has 0 saturated carbocycles. The number of carbonyl (C=O) groups excluding carboxylic acids is 1. The van der Waals surface area contributed by atoms with Crippen LogP contribution in [0.15, 0.2) is 12.1 Å². The zero-order chi connectivity index (χ0) is 14.9. The summed E-state index contributed by atoms with van der Waals surface area (Å²) in [6.45, 7) is 6.53. The first-order chi connectivity index (χ1) is 9.40. The highest BCUT2D eigenvalue weighted by Crippen LogP contribution is 2.23. The van der Waals surface area contributed by atoms with Crippen molar-refractivity contribution >= 4 is 11.9 Å². The van der Waals surface area contributed by atoms with E-state index in [2.05, 4.69) is 11.9 Å². The highest BCUT2D eigenvalue weighted by atomic mass is 16.4. The van der Waals surface area contributed by atoms with E-state index < -0.39 is 5.97 Å². The summed E-state index contributed by atoms with van der Waals surface area (Å²) in [5.41, 5.74) is 0.844. The number of amides is 1. The summed E-state index contributed by atoms with van der Waals surface area (Å²) in [5.74, 6) is -0.632. The Hall–Kier alpha value is -1.91. The number of aryl methyl sites for hydroxylation is 1. The van der Waals surface area contributed by atoms with Crippen molar-refractivity contribution in [1.29, 1.82) is 0 Å². The molecule has 0 bridgehead atoms. The van der Waals surface area contributed by atoms with Gasteiger partial charge in [-0.05, 0) is 44.7 Å². The minimum absolute atomic E-state index is 0.107. The largest absolute Gasteiger partial charge is 0.478 e. The van der Waals surface area contributed by atoms with Crippen LogP contribution in [0.1, 0.15) is 53.2 Å². The molecule has 2 atom stereocenters. The lowest BCUT2D eigenvalue weighted by atomic mass is 9.94. The number of hydrogen-bond donors (Lipinski definition) is 1. The van der Waals surface area contributed by atoms with E-state index in [1.54, 1.807) is 6.92 Å². The molecule has 1 N–H and O–H groups in total. The Labute approximate surface area is 118 Å². The Morgan fingerprint density at radius 3 is 2.60 bits per heavy atom. The molecule has 1 amide bonds. The zero-order valence-electron chi connectivity index (χ0n) is 12.1. The van der Waals surface area contributed by atoms with Gasteiger partial charge in [0.1, 0.15) is 5.69 Å². The molecule has 2 unspecified atom stereocenters. The molecule has 1 aliphatic rings. The van der Waals surface area contributed by atoms with Crippen LogP contribution in [0, 0.1) is 12.8 Å². The normalized spacial score (nSPS) is 22.6. The molecule has 1 aromatic rings. The molecular formula is C15H20N2O3. The van der Waals surface area contributed by atoms with Gasteiger partial charge in [-0.25, -0.2) is 9.78 Å². The smallest absolute Gasteiger partial charge is 0.337 e. The molecule has 1 fully saturated rings. The number of nitrogens with zero attached hydrogens (tertiary/aromatic N) is 2. The van der Waals surface area contributed by atoms with Crippen molar-refractivity contribution in [1.82, 2.24) is 9.88 Å². The highest BCUT2D eigenvalue weighted by molar-refractivity contribution is 5.94. The Bertz CT molecular complexity index is 542. The minimum atomic E-state index is -1.02. The molecular weight excluding hydrogens is 256 g/mol. The van der Waals surface area contributed by atoms with Crippen LogP contribution < -0.4 is 0 Å². The maximum atomic E-state index is 12.5.